The minimum Gasteiger partial charge on any atom is -0.444 e. The number of nitrogens with zero attached hydrogens (tertiary/aromatic N) is 2. The molecule has 4 heterocycles. The summed E-state index contributed by atoms with van der Waals surface area (Å²) in [5, 5.41) is 0. The topological polar surface area (TPSA) is 32.8 Å². The number of hydrogen-bond donors (Lipinski definition) is 0. The molecule has 4 nitrogen and oxygen atoms in total. The van der Waals surface area contributed by atoms with E-state index >= 15 is 0 Å². The van der Waals surface area contributed by atoms with Crippen molar-refractivity contribution in [2.75, 3.05) is 26.2 Å². The quantitative estimate of drug-likeness (QED) is 0.840. The van der Waals surface area contributed by atoms with Crippen LogP contribution >= 0.6 is 0 Å². The number of fused-ring (bicyclic) bond motifs is 4. The highest BCUT2D eigenvalue weighted by molar-refractivity contribution is 5.69. The zero-order valence-electron chi connectivity index (χ0n) is 13.9. The number of amides is 1. The molecule has 5 rings (SSSR count). The Kier molecular flexibility index (Phi) is 4.02. The maximum Gasteiger partial charge on any atom is 0.410 e. The molecule has 4 aliphatic rings. The van der Waals surface area contributed by atoms with Crippen LogP contribution in [0.3, 0.4) is 0 Å². The second kappa shape index (κ2) is 6.16. The molecule has 0 radical (unpaired) electrons. The lowest BCUT2D eigenvalue weighted by Crippen LogP contribution is -2.53. The maximum absolute atomic E-state index is 12.8. The van der Waals surface area contributed by atoms with Gasteiger partial charge in [-0.05, 0) is 55.8 Å². The summed E-state index contributed by atoms with van der Waals surface area (Å²) in [7, 11) is 0. The highest BCUT2D eigenvalue weighted by atomic mass is 16.6. The third kappa shape index (κ3) is 2.74. The minimum atomic E-state index is -0.106. The molecule has 4 heteroatoms. The Bertz CT molecular complexity index is 580. The van der Waals surface area contributed by atoms with Crippen LogP contribution in [0.1, 0.15) is 43.4 Å². The molecule has 124 valence electrons. The smallest absolute Gasteiger partial charge is 0.410 e. The van der Waals surface area contributed by atoms with Crippen LogP contribution in [0.15, 0.2) is 24.3 Å². The van der Waals surface area contributed by atoms with E-state index in [4.69, 9.17) is 4.74 Å². The first kappa shape index (κ1) is 15.0. The Balaban J connectivity index is 1.48. The van der Waals surface area contributed by atoms with Crippen LogP contribution in [-0.2, 0) is 11.2 Å². The highest BCUT2D eigenvalue weighted by Gasteiger charge is 2.38. The van der Waals surface area contributed by atoms with Crippen LogP contribution in [0.2, 0.25) is 0 Å². The number of rotatable bonds is 2. The van der Waals surface area contributed by atoms with E-state index in [9.17, 15) is 4.79 Å². The van der Waals surface area contributed by atoms with E-state index in [0.29, 0.717) is 5.92 Å². The van der Waals surface area contributed by atoms with Gasteiger partial charge in [-0.1, -0.05) is 31.2 Å². The van der Waals surface area contributed by atoms with Crippen molar-refractivity contribution >= 4 is 6.09 Å². The van der Waals surface area contributed by atoms with Crippen LogP contribution in [0, 0.1) is 5.92 Å². The number of carbonyl (C=O) groups excluding carboxylic acids is 1. The third-order valence-corrected chi connectivity index (χ3v) is 5.88. The summed E-state index contributed by atoms with van der Waals surface area (Å²) in [6.45, 7) is 6.20. The zero-order chi connectivity index (χ0) is 15.8. The Morgan fingerprint density at radius 3 is 2.70 bits per heavy atom. The molecule has 0 unspecified atom stereocenters. The minimum absolute atomic E-state index is 0.0969. The molecule has 3 fully saturated rings. The van der Waals surface area contributed by atoms with Gasteiger partial charge in [0.15, 0.2) is 0 Å². The summed E-state index contributed by atoms with van der Waals surface area (Å²) in [4.78, 5) is 17.2. The molecule has 3 saturated heterocycles. The van der Waals surface area contributed by atoms with Crippen molar-refractivity contribution < 1.29 is 9.53 Å². The fourth-order valence-electron chi connectivity index (χ4n) is 4.55. The summed E-state index contributed by atoms with van der Waals surface area (Å²) < 4.78 is 5.96. The molecule has 0 aliphatic carbocycles. The SMILES string of the molecule is CC[C@H]1c2ccccc2CCN1C(=O)O[C@H]1CN2CCC1CC2. The molecule has 0 N–H and O–H groups in total. The van der Waals surface area contributed by atoms with Gasteiger partial charge in [0.05, 0.1) is 6.04 Å². The third-order valence-electron chi connectivity index (χ3n) is 5.88. The number of hydrogen-bond acceptors (Lipinski definition) is 3. The molecular formula is C19H26N2O2. The van der Waals surface area contributed by atoms with E-state index in [0.717, 1.165) is 25.9 Å². The summed E-state index contributed by atoms with van der Waals surface area (Å²) in [5.74, 6) is 0.570. The van der Waals surface area contributed by atoms with Crippen LogP contribution in [0.4, 0.5) is 4.79 Å². The molecule has 0 saturated carbocycles. The highest BCUT2D eigenvalue weighted by Crippen LogP contribution is 2.34. The molecule has 1 aromatic carbocycles. The van der Waals surface area contributed by atoms with Gasteiger partial charge in [-0.2, -0.15) is 0 Å². The van der Waals surface area contributed by atoms with Crippen molar-refractivity contribution in [1.29, 1.82) is 0 Å². The van der Waals surface area contributed by atoms with Crippen molar-refractivity contribution in [3.05, 3.63) is 35.4 Å². The van der Waals surface area contributed by atoms with Gasteiger partial charge in [-0.25, -0.2) is 4.79 Å². The fourth-order valence-corrected chi connectivity index (χ4v) is 4.55. The van der Waals surface area contributed by atoms with Gasteiger partial charge in [0.25, 0.3) is 0 Å². The molecule has 23 heavy (non-hydrogen) atoms. The van der Waals surface area contributed by atoms with Gasteiger partial charge in [0.2, 0.25) is 0 Å². The zero-order valence-corrected chi connectivity index (χ0v) is 13.9. The maximum atomic E-state index is 12.8. The average molecular weight is 314 g/mol. The van der Waals surface area contributed by atoms with Crippen molar-refractivity contribution in [2.45, 2.75) is 44.8 Å². The standard InChI is InChI=1S/C19H26N2O2/c1-2-17-16-6-4-3-5-14(16)9-12-21(17)19(22)23-18-13-20-10-7-15(18)8-11-20/h3-6,15,17-18H,2,7-13H2,1H3/t17-,18-/m0/s1. The first-order chi connectivity index (χ1) is 11.3. The van der Waals surface area contributed by atoms with Gasteiger partial charge < -0.3 is 9.64 Å². The molecule has 1 amide bonds. The number of carbonyl (C=O) groups is 1. The van der Waals surface area contributed by atoms with Crippen LogP contribution in [0.25, 0.3) is 0 Å². The lowest BCUT2D eigenvalue weighted by molar-refractivity contribution is -0.0477. The summed E-state index contributed by atoms with van der Waals surface area (Å²) >= 11 is 0. The average Bonchev–Trinajstić information content (AvgIpc) is 2.61. The van der Waals surface area contributed by atoms with Crippen molar-refractivity contribution in [2.24, 2.45) is 5.92 Å². The second-order valence-corrected chi connectivity index (χ2v) is 7.13. The lowest BCUT2D eigenvalue weighted by Gasteiger charge is -2.45. The monoisotopic (exact) mass is 314 g/mol. The molecule has 2 bridgehead atoms. The predicted molar refractivity (Wildman–Crippen MR) is 89.3 cm³/mol. The van der Waals surface area contributed by atoms with Gasteiger partial charge in [0.1, 0.15) is 6.10 Å². The fraction of sp³-hybridized carbons (Fsp3) is 0.632. The second-order valence-electron chi connectivity index (χ2n) is 7.13. The van der Waals surface area contributed by atoms with E-state index in [1.165, 1.54) is 37.1 Å². The molecule has 4 aliphatic heterocycles. The van der Waals surface area contributed by atoms with E-state index in [1.807, 2.05) is 4.90 Å². The van der Waals surface area contributed by atoms with E-state index in [1.54, 1.807) is 0 Å². The lowest BCUT2D eigenvalue weighted by atomic mass is 9.86. The van der Waals surface area contributed by atoms with Gasteiger partial charge in [-0.3, -0.25) is 4.90 Å². The largest absolute Gasteiger partial charge is 0.444 e. The summed E-state index contributed by atoms with van der Waals surface area (Å²) in [6, 6.07) is 8.68. The van der Waals surface area contributed by atoms with E-state index in [2.05, 4.69) is 36.1 Å². The van der Waals surface area contributed by atoms with Crippen molar-refractivity contribution in [3.63, 3.8) is 0 Å². The van der Waals surface area contributed by atoms with Gasteiger partial charge in [-0.15, -0.1) is 0 Å². The normalized spacial score (nSPS) is 32.5. The van der Waals surface area contributed by atoms with Crippen LogP contribution < -0.4 is 0 Å². The Hall–Kier alpha value is -1.55. The number of piperidine rings is 3. The van der Waals surface area contributed by atoms with Crippen LogP contribution in [0.5, 0.6) is 0 Å². The molecule has 0 spiro atoms. The Labute approximate surface area is 138 Å². The summed E-state index contributed by atoms with van der Waals surface area (Å²) in [5.41, 5.74) is 2.68. The number of ether oxygens (including phenoxy) is 1. The van der Waals surface area contributed by atoms with Crippen molar-refractivity contribution in [1.82, 2.24) is 9.80 Å². The first-order valence-electron chi connectivity index (χ1n) is 9.03. The first-order valence-corrected chi connectivity index (χ1v) is 9.03. The number of benzene rings is 1. The molecule has 2 atom stereocenters. The van der Waals surface area contributed by atoms with E-state index in [-0.39, 0.29) is 18.2 Å². The summed E-state index contributed by atoms with van der Waals surface area (Å²) in [6.07, 6.45) is 4.22. The van der Waals surface area contributed by atoms with Crippen molar-refractivity contribution in [3.8, 4) is 0 Å². The predicted octanol–water partition coefficient (Wildman–Crippen LogP) is 3.23. The molecule has 1 aromatic rings. The van der Waals surface area contributed by atoms with Gasteiger partial charge >= 0.3 is 6.09 Å². The van der Waals surface area contributed by atoms with Crippen LogP contribution in [-0.4, -0.2) is 48.2 Å². The Morgan fingerprint density at radius 2 is 2.00 bits per heavy atom. The molecule has 0 aromatic heterocycles. The molecular weight excluding hydrogens is 288 g/mol. The van der Waals surface area contributed by atoms with Gasteiger partial charge in [0, 0.05) is 13.1 Å². The van der Waals surface area contributed by atoms with E-state index < -0.39 is 0 Å². The Morgan fingerprint density at radius 1 is 1.22 bits per heavy atom.